The highest BCUT2D eigenvalue weighted by molar-refractivity contribution is 7.92. The van der Waals surface area contributed by atoms with Crippen LogP contribution in [0.1, 0.15) is 42.5 Å². The molecule has 178 valence electrons. The highest BCUT2D eigenvalue weighted by atomic mass is 32.2. The molecule has 0 bridgehead atoms. The van der Waals surface area contributed by atoms with Crippen LogP contribution in [0.5, 0.6) is 11.5 Å². The lowest BCUT2D eigenvalue weighted by Gasteiger charge is -2.25. The third kappa shape index (κ3) is 5.78. The quantitative estimate of drug-likeness (QED) is 0.494. The number of anilines is 1. The van der Waals surface area contributed by atoms with Crippen molar-refractivity contribution in [3.63, 3.8) is 0 Å². The van der Waals surface area contributed by atoms with E-state index in [4.69, 9.17) is 4.74 Å². The Morgan fingerprint density at radius 1 is 0.971 bits per heavy atom. The summed E-state index contributed by atoms with van der Waals surface area (Å²) in [7, 11) is -3.75. The van der Waals surface area contributed by atoms with Gasteiger partial charge < -0.3 is 10.1 Å². The van der Waals surface area contributed by atoms with Gasteiger partial charge in [0.05, 0.1) is 18.0 Å². The molecule has 1 aliphatic rings. The molecule has 1 amide bonds. The fourth-order valence-corrected chi connectivity index (χ4v) is 5.13. The molecule has 1 N–H and O–H groups in total. The van der Waals surface area contributed by atoms with Crippen molar-refractivity contribution in [1.29, 1.82) is 0 Å². The first-order valence-electron chi connectivity index (χ1n) is 11.5. The summed E-state index contributed by atoms with van der Waals surface area (Å²) < 4.78 is 32.4. The molecule has 0 saturated carbocycles. The zero-order chi connectivity index (χ0) is 24.1. The van der Waals surface area contributed by atoms with Gasteiger partial charge in [-0.1, -0.05) is 48.5 Å². The summed E-state index contributed by atoms with van der Waals surface area (Å²) in [5.74, 6) is 0.550. The van der Waals surface area contributed by atoms with Crippen molar-refractivity contribution in [2.45, 2.75) is 38.6 Å². The lowest BCUT2D eigenvalue weighted by atomic mass is 9.89. The predicted octanol–water partition coefficient (Wildman–Crippen LogP) is 5.00. The van der Waals surface area contributed by atoms with Crippen LogP contribution in [0.4, 0.5) is 5.69 Å². The maximum atomic E-state index is 13.0. The van der Waals surface area contributed by atoms with E-state index in [2.05, 4.69) is 17.4 Å². The van der Waals surface area contributed by atoms with E-state index in [1.54, 1.807) is 36.4 Å². The normalized spacial score (nSPS) is 14.1. The van der Waals surface area contributed by atoms with Crippen LogP contribution in [0.2, 0.25) is 0 Å². The number of sulfonamides is 1. The van der Waals surface area contributed by atoms with Crippen molar-refractivity contribution in [1.82, 2.24) is 5.32 Å². The van der Waals surface area contributed by atoms with E-state index in [1.807, 2.05) is 31.2 Å². The van der Waals surface area contributed by atoms with Crippen LogP contribution in [-0.2, 0) is 27.7 Å². The molecular formula is C27H30N2O4S. The minimum Gasteiger partial charge on any atom is -0.455 e. The van der Waals surface area contributed by atoms with E-state index in [9.17, 15) is 13.2 Å². The van der Waals surface area contributed by atoms with Crippen LogP contribution < -0.4 is 14.4 Å². The summed E-state index contributed by atoms with van der Waals surface area (Å²) in [6, 6.07) is 22.0. The Labute approximate surface area is 201 Å². The topological polar surface area (TPSA) is 75.7 Å². The van der Waals surface area contributed by atoms with Crippen LogP contribution >= 0.6 is 0 Å². The van der Waals surface area contributed by atoms with E-state index in [0.29, 0.717) is 17.2 Å². The fraction of sp³-hybridized carbons (Fsp3) is 0.296. The molecular weight excluding hydrogens is 448 g/mol. The van der Waals surface area contributed by atoms with Gasteiger partial charge in [-0.25, -0.2) is 8.42 Å². The average Bonchev–Trinajstić information content (AvgIpc) is 2.83. The molecule has 0 radical (unpaired) electrons. The molecule has 0 aromatic heterocycles. The summed E-state index contributed by atoms with van der Waals surface area (Å²) in [5.41, 5.74) is 4.06. The van der Waals surface area contributed by atoms with Gasteiger partial charge >= 0.3 is 0 Å². The van der Waals surface area contributed by atoms with E-state index in [0.717, 1.165) is 29.0 Å². The van der Waals surface area contributed by atoms with Crippen molar-refractivity contribution in [2.75, 3.05) is 17.1 Å². The van der Waals surface area contributed by atoms with Gasteiger partial charge in [-0.2, -0.15) is 0 Å². The number of para-hydroxylation sites is 3. The minimum atomic E-state index is -3.75. The van der Waals surface area contributed by atoms with E-state index < -0.39 is 10.0 Å². The maximum absolute atomic E-state index is 13.0. The highest BCUT2D eigenvalue weighted by Crippen LogP contribution is 2.33. The van der Waals surface area contributed by atoms with Crippen molar-refractivity contribution in [3.05, 3.63) is 89.5 Å². The molecule has 0 saturated heterocycles. The lowest BCUT2D eigenvalue weighted by molar-refractivity contribution is -0.120. The molecule has 0 fully saturated rings. The second-order valence-electron chi connectivity index (χ2n) is 8.68. The average molecular weight is 479 g/mol. The van der Waals surface area contributed by atoms with E-state index in [1.165, 1.54) is 24.0 Å². The number of benzene rings is 3. The number of aryl methyl sites for hydroxylation is 2. The Bertz CT molecular complexity index is 1260. The van der Waals surface area contributed by atoms with Crippen LogP contribution in [0.15, 0.2) is 72.8 Å². The summed E-state index contributed by atoms with van der Waals surface area (Å²) >= 11 is 0. The molecule has 6 nitrogen and oxygen atoms in total. The number of nitrogens with one attached hydrogen (secondary N) is 1. The lowest BCUT2D eigenvalue weighted by Crippen LogP contribution is -2.41. The number of hydrogen-bond donors (Lipinski definition) is 1. The third-order valence-electron chi connectivity index (χ3n) is 6.04. The second kappa shape index (κ2) is 10.3. The van der Waals surface area contributed by atoms with Crippen molar-refractivity contribution in [2.24, 2.45) is 0 Å². The third-order valence-corrected chi connectivity index (χ3v) is 7.17. The van der Waals surface area contributed by atoms with Gasteiger partial charge in [-0.15, -0.1) is 0 Å². The number of carbonyl (C=O) groups excluding carboxylic acids is 1. The van der Waals surface area contributed by atoms with Crippen LogP contribution in [0.25, 0.3) is 0 Å². The Morgan fingerprint density at radius 2 is 1.65 bits per heavy atom. The second-order valence-corrected chi connectivity index (χ2v) is 10.6. The fourth-order valence-electron chi connectivity index (χ4n) is 4.27. The van der Waals surface area contributed by atoms with Gasteiger partial charge in [-0.05, 0) is 73.6 Å². The van der Waals surface area contributed by atoms with E-state index in [-0.39, 0.29) is 18.5 Å². The largest absolute Gasteiger partial charge is 0.455 e. The summed E-state index contributed by atoms with van der Waals surface area (Å²) in [6.45, 7) is 1.57. The van der Waals surface area contributed by atoms with Gasteiger partial charge in [0.15, 0.2) is 5.75 Å². The van der Waals surface area contributed by atoms with Crippen LogP contribution in [-0.4, -0.2) is 27.1 Å². The molecule has 0 spiro atoms. The number of fused-ring (bicyclic) bond motifs is 1. The van der Waals surface area contributed by atoms with Gasteiger partial charge in [-0.3, -0.25) is 9.10 Å². The monoisotopic (exact) mass is 478 g/mol. The van der Waals surface area contributed by atoms with Crippen molar-refractivity contribution >= 4 is 21.6 Å². The molecule has 4 rings (SSSR count). The van der Waals surface area contributed by atoms with Gasteiger partial charge in [0, 0.05) is 0 Å². The molecule has 1 atom stereocenters. The molecule has 34 heavy (non-hydrogen) atoms. The first kappa shape index (κ1) is 23.8. The molecule has 1 unspecified atom stereocenters. The van der Waals surface area contributed by atoms with Crippen molar-refractivity contribution in [3.8, 4) is 11.5 Å². The highest BCUT2D eigenvalue weighted by Gasteiger charge is 2.25. The smallest absolute Gasteiger partial charge is 0.241 e. The van der Waals surface area contributed by atoms with Gasteiger partial charge in [0.25, 0.3) is 0 Å². The Kier molecular flexibility index (Phi) is 7.22. The Balaban J connectivity index is 1.52. The predicted molar refractivity (Wildman–Crippen MR) is 135 cm³/mol. The zero-order valence-corrected chi connectivity index (χ0v) is 20.3. The molecule has 3 aromatic carbocycles. The SMILES string of the molecule is CC(NC(=O)CN(c1ccccc1Oc1ccccc1)S(C)(=O)=O)c1ccc2c(c1)CCCC2. The summed E-state index contributed by atoms with van der Waals surface area (Å²) in [5, 5.41) is 2.96. The molecule has 0 aliphatic heterocycles. The number of ether oxygens (including phenoxy) is 1. The number of hydrogen-bond acceptors (Lipinski definition) is 4. The minimum absolute atomic E-state index is 0.239. The molecule has 3 aromatic rings. The zero-order valence-electron chi connectivity index (χ0n) is 19.5. The first-order chi connectivity index (χ1) is 16.3. The van der Waals surface area contributed by atoms with E-state index >= 15 is 0 Å². The molecule has 7 heteroatoms. The van der Waals surface area contributed by atoms with Gasteiger partial charge in [0.2, 0.25) is 15.9 Å². The van der Waals surface area contributed by atoms with Crippen LogP contribution in [0, 0.1) is 0 Å². The number of nitrogens with zero attached hydrogens (tertiary/aromatic N) is 1. The summed E-state index contributed by atoms with van der Waals surface area (Å²) in [4.78, 5) is 13.0. The number of rotatable bonds is 8. The Hall–Kier alpha value is -3.32. The number of carbonyl (C=O) groups is 1. The first-order valence-corrected chi connectivity index (χ1v) is 13.4. The standard InChI is InChI=1S/C27H30N2O4S/c1-20(22-17-16-21-10-6-7-11-23(21)18-22)28-27(30)19-29(34(2,31)32)25-14-8-9-15-26(25)33-24-12-4-3-5-13-24/h3-5,8-9,12-18,20H,6-7,10-11,19H2,1-2H3,(H,28,30). The maximum Gasteiger partial charge on any atom is 0.241 e. The van der Waals surface area contributed by atoms with Gasteiger partial charge in [0.1, 0.15) is 12.3 Å². The molecule has 1 aliphatic carbocycles. The Morgan fingerprint density at radius 3 is 2.38 bits per heavy atom. The summed E-state index contributed by atoms with van der Waals surface area (Å²) in [6.07, 6.45) is 5.65. The molecule has 0 heterocycles. The number of amides is 1. The van der Waals surface area contributed by atoms with Crippen LogP contribution in [0.3, 0.4) is 0 Å². The van der Waals surface area contributed by atoms with Crippen molar-refractivity contribution < 1.29 is 17.9 Å².